The second kappa shape index (κ2) is 5.28. The molecule has 1 aliphatic heterocycles. The molecule has 1 unspecified atom stereocenters. The van der Waals surface area contributed by atoms with E-state index in [1.165, 1.54) is 12.8 Å². The molecule has 1 aliphatic rings. The first-order valence-electron chi connectivity index (χ1n) is 5.92. The zero-order valence-electron chi connectivity index (χ0n) is 10.8. The fraction of sp³-hybridized carbons (Fsp3) is 1.00. The molecule has 0 radical (unpaired) electrons. The van der Waals surface area contributed by atoms with Gasteiger partial charge in [0.2, 0.25) is 0 Å². The van der Waals surface area contributed by atoms with Gasteiger partial charge in [-0.25, -0.2) is 0 Å². The summed E-state index contributed by atoms with van der Waals surface area (Å²) in [5, 5.41) is 3.44. The van der Waals surface area contributed by atoms with Gasteiger partial charge in [0.25, 0.3) is 0 Å². The monoisotopic (exact) mass is 214 g/mol. The number of nitrogens with zero attached hydrogens (tertiary/aromatic N) is 1. The van der Waals surface area contributed by atoms with Crippen molar-refractivity contribution < 1.29 is 4.74 Å². The predicted octanol–water partition coefficient (Wildman–Crippen LogP) is 1.34. The van der Waals surface area contributed by atoms with Crippen LogP contribution in [0.4, 0.5) is 0 Å². The fourth-order valence-electron chi connectivity index (χ4n) is 2.84. The first kappa shape index (κ1) is 12.9. The Morgan fingerprint density at radius 2 is 1.80 bits per heavy atom. The molecule has 0 aromatic carbocycles. The molecule has 90 valence electrons. The molecular weight excluding hydrogens is 188 g/mol. The number of ether oxygens (including phenoxy) is 1. The van der Waals surface area contributed by atoms with Crippen LogP contribution in [0.3, 0.4) is 0 Å². The maximum Gasteiger partial charge on any atom is 0.0469 e. The molecule has 0 bridgehead atoms. The van der Waals surface area contributed by atoms with Crippen LogP contribution in [0.15, 0.2) is 0 Å². The second-order valence-electron chi connectivity index (χ2n) is 5.33. The molecule has 1 rings (SSSR count). The van der Waals surface area contributed by atoms with Gasteiger partial charge in [0, 0.05) is 24.8 Å². The molecule has 1 saturated heterocycles. The highest BCUT2D eigenvalue weighted by atomic mass is 16.5. The molecule has 3 heteroatoms. The summed E-state index contributed by atoms with van der Waals surface area (Å²) in [6.45, 7) is 6.42. The smallest absolute Gasteiger partial charge is 0.0469 e. The quantitative estimate of drug-likeness (QED) is 0.764. The largest absolute Gasteiger partial charge is 0.381 e. The minimum Gasteiger partial charge on any atom is -0.381 e. The van der Waals surface area contributed by atoms with Crippen LogP contribution >= 0.6 is 0 Å². The lowest BCUT2D eigenvalue weighted by Gasteiger charge is -2.44. The van der Waals surface area contributed by atoms with Gasteiger partial charge in [0.1, 0.15) is 0 Å². The summed E-state index contributed by atoms with van der Waals surface area (Å²) in [4.78, 5) is 2.35. The van der Waals surface area contributed by atoms with Crippen molar-refractivity contribution in [1.82, 2.24) is 10.2 Å². The van der Waals surface area contributed by atoms with Crippen LogP contribution in [0.5, 0.6) is 0 Å². The number of hydrogen-bond donors (Lipinski definition) is 1. The van der Waals surface area contributed by atoms with Gasteiger partial charge in [-0.05, 0) is 53.8 Å². The number of rotatable bonds is 4. The van der Waals surface area contributed by atoms with Gasteiger partial charge in [0.15, 0.2) is 0 Å². The van der Waals surface area contributed by atoms with Gasteiger partial charge in [-0.1, -0.05) is 0 Å². The van der Waals surface area contributed by atoms with Gasteiger partial charge in [-0.15, -0.1) is 0 Å². The average molecular weight is 214 g/mol. The SMILES string of the molecule is CNC(C)(C)C(C1CCOCC1)N(C)C. The first-order valence-corrected chi connectivity index (χ1v) is 5.92. The van der Waals surface area contributed by atoms with Crippen LogP contribution in [0.2, 0.25) is 0 Å². The third kappa shape index (κ3) is 3.16. The maximum atomic E-state index is 5.44. The summed E-state index contributed by atoms with van der Waals surface area (Å²) < 4.78 is 5.44. The Morgan fingerprint density at radius 3 is 2.20 bits per heavy atom. The fourth-order valence-corrected chi connectivity index (χ4v) is 2.84. The standard InChI is InChI=1S/C12H26N2O/c1-12(2,13-3)11(14(4)5)10-6-8-15-9-7-10/h10-11,13H,6-9H2,1-5H3. The molecule has 1 atom stereocenters. The van der Waals surface area contributed by atoms with Gasteiger partial charge in [-0.3, -0.25) is 0 Å². The minimum absolute atomic E-state index is 0.158. The van der Waals surface area contributed by atoms with E-state index in [0.29, 0.717) is 6.04 Å². The molecule has 15 heavy (non-hydrogen) atoms. The van der Waals surface area contributed by atoms with E-state index in [-0.39, 0.29) is 5.54 Å². The Kier molecular flexibility index (Phi) is 4.56. The van der Waals surface area contributed by atoms with Crippen LogP contribution in [-0.4, -0.2) is 50.8 Å². The van der Waals surface area contributed by atoms with E-state index in [9.17, 15) is 0 Å². The third-order valence-corrected chi connectivity index (χ3v) is 3.65. The van der Waals surface area contributed by atoms with E-state index in [2.05, 4.69) is 45.2 Å². The molecule has 3 nitrogen and oxygen atoms in total. The van der Waals surface area contributed by atoms with Crippen molar-refractivity contribution in [2.75, 3.05) is 34.4 Å². The Bertz CT molecular complexity index is 186. The van der Waals surface area contributed by atoms with E-state index in [4.69, 9.17) is 4.74 Å². The van der Waals surface area contributed by atoms with Gasteiger partial charge in [0.05, 0.1) is 0 Å². The lowest BCUT2D eigenvalue weighted by atomic mass is 9.79. The molecule has 0 aliphatic carbocycles. The highest BCUT2D eigenvalue weighted by Crippen LogP contribution is 2.28. The topological polar surface area (TPSA) is 24.5 Å². The van der Waals surface area contributed by atoms with Crippen LogP contribution in [0.1, 0.15) is 26.7 Å². The Balaban J connectivity index is 2.72. The third-order valence-electron chi connectivity index (χ3n) is 3.65. The van der Waals surface area contributed by atoms with Crippen molar-refractivity contribution >= 4 is 0 Å². The molecule has 0 aromatic heterocycles. The van der Waals surface area contributed by atoms with E-state index in [1.54, 1.807) is 0 Å². The summed E-state index contributed by atoms with van der Waals surface area (Å²) in [7, 11) is 6.41. The molecule has 0 spiro atoms. The summed E-state index contributed by atoms with van der Waals surface area (Å²) in [6.07, 6.45) is 2.38. The Hall–Kier alpha value is -0.120. The van der Waals surface area contributed by atoms with E-state index < -0.39 is 0 Å². The van der Waals surface area contributed by atoms with Crippen molar-refractivity contribution in [2.45, 2.75) is 38.3 Å². The Morgan fingerprint density at radius 1 is 1.27 bits per heavy atom. The van der Waals surface area contributed by atoms with E-state index in [0.717, 1.165) is 19.1 Å². The summed E-state index contributed by atoms with van der Waals surface area (Å²) in [5.41, 5.74) is 0.158. The zero-order valence-corrected chi connectivity index (χ0v) is 10.8. The molecular formula is C12H26N2O. The number of nitrogens with one attached hydrogen (secondary N) is 1. The van der Waals surface area contributed by atoms with E-state index in [1.807, 2.05) is 0 Å². The normalized spacial score (nSPS) is 22.0. The minimum atomic E-state index is 0.158. The average Bonchev–Trinajstić information content (AvgIpc) is 2.18. The van der Waals surface area contributed by atoms with E-state index >= 15 is 0 Å². The predicted molar refractivity (Wildman–Crippen MR) is 64.2 cm³/mol. The molecule has 1 N–H and O–H groups in total. The second-order valence-corrected chi connectivity index (χ2v) is 5.33. The molecule has 0 saturated carbocycles. The van der Waals surface area contributed by atoms with Crippen molar-refractivity contribution in [3.05, 3.63) is 0 Å². The van der Waals surface area contributed by atoms with Gasteiger partial charge >= 0.3 is 0 Å². The lowest BCUT2D eigenvalue weighted by molar-refractivity contribution is 0.0141. The summed E-state index contributed by atoms with van der Waals surface area (Å²) in [6, 6.07) is 0.575. The summed E-state index contributed by atoms with van der Waals surface area (Å²) >= 11 is 0. The van der Waals surface area contributed by atoms with Crippen molar-refractivity contribution in [3.63, 3.8) is 0 Å². The highest BCUT2D eigenvalue weighted by molar-refractivity contribution is 4.95. The summed E-state index contributed by atoms with van der Waals surface area (Å²) in [5.74, 6) is 0.746. The van der Waals surface area contributed by atoms with Gasteiger partial charge < -0.3 is 15.0 Å². The lowest BCUT2D eigenvalue weighted by Crippen LogP contribution is -2.58. The highest BCUT2D eigenvalue weighted by Gasteiger charge is 2.36. The van der Waals surface area contributed by atoms with Crippen molar-refractivity contribution in [1.29, 1.82) is 0 Å². The van der Waals surface area contributed by atoms with Crippen molar-refractivity contribution in [2.24, 2.45) is 5.92 Å². The van der Waals surface area contributed by atoms with Crippen LogP contribution in [-0.2, 0) is 4.74 Å². The molecule has 1 fully saturated rings. The maximum absolute atomic E-state index is 5.44. The molecule has 0 aromatic rings. The Labute approximate surface area is 94.2 Å². The molecule has 0 amide bonds. The van der Waals surface area contributed by atoms with Crippen LogP contribution < -0.4 is 5.32 Å². The van der Waals surface area contributed by atoms with Crippen LogP contribution in [0.25, 0.3) is 0 Å². The zero-order chi connectivity index (χ0) is 11.5. The van der Waals surface area contributed by atoms with Crippen LogP contribution in [0, 0.1) is 5.92 Å². The number of likely N-dealkylation sites (N-methyl/N-ethyl adjacent to an activating group) is 2. The molecule has 1 heterocycles. The number of hydrogen-bond acceptors (Lipinski definition) is 3. The van der Waals surface area contributed by atoms with Gasteiger partial charge in [-0.2, -0.15) is 0 Å². The first-order chi connectivity index (χ1) is 6.99. The van der Waals surface area contributed by atoms with Crippen molar-refractivity contribution in [3.8, 4) is 0 Å².